The summed E-state index contributed by atoms with van der Waals surface area (Å²) >= 11 is 0. The van der Waals surface area contributed by atoms with E-state index >= 15 is 0 Å². The third-order valence-electron chi connectivity index (χ3n) is 3.34. The van der Waals surface area contributed by atoms with Gasteiger partial charge in [-0.05, 0) is 13.3 Å². The number of carbonyl (C=O) groups excluding carboxylic acids is 2. The molecule has 1 rings (SSSR count). The van der Waals surface area contributed by atoms with Gasteiger partial charge in [0.05, 0.1) is 25.8 Å². The Kier molecular flexibility index (Phi) is 6.93. The van der Waals surface area contributed by atoms with Crippen LogP contribution in [-0.2, 0) is 14.3 Å². The number of carboxylic acids is 1. The molecule has 120 valence electrons. The van der Waals surface area contributed by atoms with Gasteiger partial charge < -0.3 is 25.4 Å². The number of ether oxygens (including phenoxy) is 1. The Morgan fingerprint density at radius 1 is 1.24 bits per heavy atom. The summed E-state index contributed by atoms with van der Waals surface area (Å²) in [6.07, 6.45) is 0.820. The molecule has 0 aromatic rings. The van der Waals surface area contributed by atoms with Crippen molar-refractivity contribution in [2.24, 2.45) is 5.92 Å². The molecular formula is C13H23N3O5. The van der Waals surface area contributed by atoms with Crippen LogP contribution in [-0.4, -0.2) is 66.8 Å². The molecule has 0 saturated carbocycles. The van der Waals surface area contributed by atoms with E-state index in [1.54, 1.807) is 6.92 Å². The number of likely N-dealkylation sites (N-methyl/N-ethyl adjacent to an activating group) is 1. The molecule has 2 unspecified atom stereocenters. The first-order chi connectivity index (χ1) is 10.0. The van der Waals surface area contributed by atoms with E-state index in [0.717, 1.165) is 6.42 Å². The van der Waals surface area contributed by atoms with Crippen LogP contribution in [0.15, 0.2) is 0 Å². The highest BCUT2D eigenvalue weighted by Crippen LogP contribution is 2.20. The van der Waals surface area contributed by atoms with Crippen molar-refractivity contribution in [3.8, 4) is 0 Å². The lowest BCUT2D eigenvalue weighted by Gasteiger charge is -2.29. The number of urea groups is 1. The Hall–Kier alpha value is -1.83. The van der Waals surface area contributed by atoms with E-state index in [1.165, 1.54) is 4.90 Å². The molecule has 0 bridgehead atoms. The molecule has 1 aliphatic heterocycles. The van der Waals surface area contributed by atoms with Gasteiger partial charge in [-0.1, -0.05) is 6.92 Å². The summed E-state index contributed by atoms with van der Waals surface area (Å²) < 4.78 is 5.16. The average molecular weight is 301 g/mol. The average Bonchev–Trinajstić information content (AvgIpc) is 2.93. The Balaban J connectivity index is 2.53. The molecule has 1 heterocycles. The summed E-state index contributed by atoms with van der Waals surface area (Å²) in [4.78, 5) is 36.1. The first-order valence-electron chi connectivity index (χ1n) is 7.12. The van der Waals surface area contributed by atoms with E-state index in [9.17, 15) is 14.4 Å². The van der Waals surface area contributed by atoms with E-state index in [1.807, 2.05) is 6.92 Å². The second-order valence-corrected chi connectivity index (χ2v) is 4.84. The van der Waals surface area contributed by atoms with Gasteiger partial charge in [-0.25, -0.2) is 4.79 Å². The van der Waals surface area contributed by atoms with Crippen molar-refractivity contribution in [1.82, 2.24) is 15.5 Å². The van der Waals surface area contributed by atoms with Gasteiger partial charge in [0.15, 0.2) is 0 Å². The van der Waals surface area contributed by atoms with Gasteiger partial charge in [0.1, 0.15) is 5.92 Å². The van der Waals surface area contributed by atoms with Crippen molar-refractivity contribution in [3.05, 3.63) is 0 Å². The van der Waals surface area contributed by atoms with Gasteiger partial charge in [-0.2, -0.15) is 0 Å². The molecule has 0 aromatic carbocycles. The third kappa shape index (κ3) is 4.89. The number of nitrogens with zero attached hydrogens (tertiary/aromatic N) is 1. The molecule has 0 aromatic heterocycles. The highest BCUT2D eigenvalue weighted by atomic mass is 16.5. The number of nitrogens with one attached hydrogen (secondary N) is 2. The van der Waals surface area contributed by atoms with Crippen LogP contribution < -0.4 is 10.6 Å². The Labute approximate surface area is 123 Å². The Morgan fingerprint density at radius 2 is 1.95 bits per heavy atom. The van der Waals surface area contributed by atoms with Gasteiger partial charge >= 0.3 is 12.0 Å². The van der Waals surface area contributed by atoms with Gasteiger partial charge in [0.2, 0.25) is 5.91 Å². The Morgan fingerprint density at radius 3 is 2.52 bits per heavy atom. The molecule has 3 N–H and O–H groups in total. The zero-order valence-corrected chi connectivity index (χ0v) is 12.4. The molecule has 3 amide bonds. The van der Waals surface area contributed by atoms with Gasteiger partial charge in [0.25, 0.3) is 0 Å². The maximum Gasteiger partial charge on any atom is 0.318 e. The number of carboxylic acid groups (broad SMARTS) is 1. The standard InChI is InChI=1S/C13H23N3O5/c1-3-5-14-11(17)6-15-13(20)16(4-2)10-8-21-7-9(10)12(18)19/h9-10H,3-8H2,1-2H3,(H,14,17)(H,15,20)(H,18,19). The number of aliphatic carboxylic acids is 1. The van der Waals surface area contributed by atoms with Crippen molar-refractivity contribution >= 4 is 17.9 Å². The fourth-order valence-electron chi connectivity index (χ4n) is 2.20. The maximum atomic E-state index is 12.1. The predicted octanol–water partition coefficient (Wildman–Crippen LogP) is -0.356. The lowest BCUT2D eigenvalue weighted by molar-refractivity contribution is -0.142. The molecule has 8 nitrogen and oxygen atoms in total. The van der Waals surface area contributed by atoms with Crippen LogP contribution in [0.3, 0.4) is 0 Å². The summed E-state index contributed by atoms with van der Waals surface area (Å²) in [6, 6.07) is -0.961. The zero-order valence-electron chi connectivity index (χ0n) is 12.4. The predicted molar refractivity (Wildman–Crippen MR) is 74.8 cm³/mol. The van der Waals surface area contributed by atoms with Crippen LogP contribution in [0.2, 0.25) is 0 Å². The summed E-state index contributed by atoms with van der Waals surface area (Å²) in [5, 5.41) is 14.3. The van der Waals surface area contributed by atoms with Crippen molar-refractivity contribution in [2.45, 2.75) is 26.3 Å². The molecule has 21 heavy (non-hydrogen) atoms. The highest BCUT2D eigenvalue weighted by molar-refractivity contribution is 5.84. The minimum absolute atomic E-state index is 0.0980. The van der Waals surface area contributed by atoms with Crippen molar-refractivity contribution in [1.29, 1.82) is 0 Å². The first-order valence-corrected chi connectivity index (χ1v) is 7.12. The number of amides is 3. The molecule has 0 spiro atoms. The first kappa shape index (κ1) is 17.2. The fourth-order valence-corrected chi connectivity index (χ4v) is 2.20. The number of carbonyl (C=O) groups is 3. The Bertz CT molecular complexity index is 388. The monoisotopic (exact) mass is 301 g/mol. The lowest BCUT2D eigenvalue weighted by Crippen LogP contribution is -2.52. The van der Waals surface area contributed by atoms with E-state index in [4.69, 9.17) is 9.84 Å². The number of rotatable bonds is 7. The topological polar surface area (TPSA) is 108 Å². The second kappa shape index (κ2) is 8.46. The van der Waals surface area contributed by atoms with Crippen LogP contribution in [0.25, 0.3) is 0 Å². The van der Waals surface area contributed by atoms with Crippen LogP contribution in [0.5, 0.6) is 0 Å². The van der Waals surface area contributed by atoms with Gasteiger partial charge in [-0.15, -0.1) is 0 Å². The smallest absolute Gasteiger partial charge is 0.318 e. The molecular weight excluding hydrogens is 278 g/mol. The summed E-state index contributed by atoms with van der Waals surface area (Å²) in [5.74, 6) is -1.98. The van der Waals surface area contributed by atoms with Gasteiger partial charge in [-0.3, -0.25) is 9.59 Å². The quantitative estimate of drug-likeness (QED) is 0.595. The van der Waals surface area contributed by atoms with Gasteiger partial charge in [0, 0.05) is 13.1 Å². The molecule has 0 aliphatic carbocycles. The SMILES string of the molecule is CCCNC(=O)CNC(=O)N(CC)C1COCC1C(=O)O. The van der Waals surface area contributed by atoms with Crippen molar-refractivity contribution in [3.63, 3.8) is 0 Å². The summed E-state index contributed by atoms with van der Waals surface area (Å²) in [6.45, 7) is 4.77. The van der Waals surface area contributed by atoms with Crippen LogP contribution in [0.1, 0.15) is 20.3 Å². The maximum absolute atomic E-state index is 12.1. The molecule has 1 fully saturated rings. The van der Waals surface area contributed by atoms with Crippen LogP contribution in [0, 0.1) is 5.92 Å². The van der Waals surface area contributed by atoms with E-state index in [0.29, 0.717) is 13.1 Å². The van der Waals surface area contributed by atoms with E-state index in [-0.39, 0.29) is 25.7 Å². The van der Waals surface area contributed by atoms with Crippen molar-refractivity contribution < 1.29 is 24.2 Å². The summed E-state index contributed by atoms with van der Waals surface area (Å²) in [7, 11) is 0. The minimum atomic E-state index is -0.982. The number of hydrogen-bond donors (Lipinski definition) is 3. The zero-order chi connectivity index (χ0) is 15.8. The minimum Gasteiger partial charge on any atom is -0.481 e. The lowest BCUT2D eigenvalue weighted by atomic mass is 10.0. The van der Waals surface area contributed by atoms with Crippen LogP contribution in [0.4, 0.5) is 4.79 Å². The molecule has 0 radical (unpaired) electrons. The van der Waals surface area contributed by atoms with Crippen molar-refractivity contribution in [2.75, 3.05) is 32.8 Å². The largest absolute Gasteiger partial charge is 0.481 e. The van der Waals surface area contributed by atoms with E-state index < -0.39 is 24.0 Å². The van der Waals surface area contributed by atoms with E-state index in [2.05, 4.69) is 10.6 Å². The molecule has 8 heteroatoms. The molecule has 2 atom stereocenters. The highest BCUT2D eigenvalue weighted by Gasteiger charge is 2.39. The normalized spacial score (nSPS) is 20.9. The molecule has 1 aliphatic rings. The summed E-state index contributed by atoms with van der Waals surface area (Å²) in [5.41, 5.74) is 0. The van der Waals surface area contributed by atoms with Crippen LogP contribution >= 0.6 is 0 Å². The fraction of sp³-hybridized carbons (Fsp3) is 0.769. The third-order valence-corrected chi connectivity index (χ3v) is 3.34. The molecule has 1 saturated heterocycles. The second-order valence-electron chi connectivity index (χ2n) is 4.84. The number of hydrogen-bond acceptors (Lipinski definition) is 4.